The maximum atomic E-state index is 13.1. The fourth-order valence-corrected chi connectivity index (χ4v) is 4.93. The molecule has 1 aliphatic rings. The Balaban J connectivity index is 1.61. The minimum Gasteiger partial charge on any atom is -0.337 e. The summed E-state index contributed by atoms with van der Waals surface area (Å²) < 4.78 is 1.80. The molecule has 6 nitrogen and oxygen atoms in total. The number of aromatic amines is 1. The number of carbonyl (C=O) groups excluding carboxylic acids is 1. The number of likely N-dealkylation sites (tertiary alicyclic amines) is 1. The Labute approximate surface area is 197 Å². The van der Waals surface area contributed by atoms with E-state index in [2.05, 4.69) is 23.7 Å². The van der Waals surface area contributed by atoms with Gasteiger partial charge < -0.3 is 9.88 Å². The Morgan fingerprint density at radius 3 is 2.69 bits per heavy atom. The molecule has 0 bridgehead atoms. The highest BCUT2D eigenvalue weighted by atomic mass is 35.5. The van der Waals surface area contributed by atoms with Gasteiger partial charge in [-0.2, -0.15) is 0 Å². The first-order valence-electron chi connectivity index (χ1n) is 11.0. The van der Waals surface area contributed by atoms with Gasteiger partial charge in [0.05, 0.1) is 17.4 Å². The molecule has 1 amide bonds. The molecule has 1 fully saturated rings. The van der Waals surface area contributed by atoms with Crippen molar-refractivity contribution in [3.8, 4) is 0 Å². The lowest BCUT2D eigenvalue weighted by Gasteiger charge is -2.26. The van der Waals surface area contributed by atoms with Crippen molar-refractivity contribution in [3.63, 3.8) is 0 Å². The molecule has 168 valence electrons. The average Bonchev–Trinajstić information content (AvgIpc) is 3.27. The molecule has 3 aromatic rings. The summed E-state index contributed by atoms with van der Waals surface area (Å²) in [5.74, 6) is -0.0129. The Hall–Kier alpha value is -2.48. The van der Waals surface area contributed by atoms with E-state index in [0.717, 1.165) is 38.2 Å². The quantitative estimate of drug-likeness (QED) is 0.545. The number of hydrogen-bond donors (Lipinski definition) is 1. The van der Waals surface area contributed by atoms with Crippen molar-refractivity contribution >= 4 is 40.6 Å². The second-order valence-electron chi connectivity index (χ2n) is 8.09. The standard InChI is InChI=1S/C24H27ClN4O2S/c1-3-27(4-2)18-11-12-28(15-18)22(30)16-9-10-19-21(13-16)26-24(32)29(23(19)31)14-17-7-5-6-8-20(17)25/h5-10,13,18H,3-4,11-12,14-15H2,1-2H3,(H,26,32). The number of nitrogens with zero attached hydrogens (tertiary/aromatic N) is 3. The van der Waals surface area contributed by atoms with Crippen LogP contribution in [0.3, 0.4) is 0 Å². The molecule has 1 N–H and O–H groups in total. The maximum Gasteiger partial charge on any atom is 0.262 e. The van der Waals surface area contributed by atoms with Gasteiger partial charge in [0, 0.05) is 29.7 Å². The summed E-state index contributed by atoms with van der Waals surface area (Å²) in [5, 5.41) is 1.08. The molecular formula is C24H27ClN4O2S. The fraction of sp³-hybridized carbons (Fsp3) is 0.375. The van der Waals surface area contributed by atoms with Crippen LogP contribution in [0.2, 0.25) is 5.02 Å². The first-order valence-corrected chi connectivity index (χ1v) is 11.7. The highest BCUT2D eigenvalue weighted by molar-refractivity contribution is 7.71. The third-order valence-corrected chi connectivity index (χ3v) is 6.99. The number of rotatable bonds is 6. The summed E-state index contributed by atoms with van der Waals surface area (Å²) in [5.41, 5.74) is 1.75. The molecule has 1 atom stereocenters. The van der Waals surface area contributed by atoms with Gasteiger partial charge >= 0.3 is 0 Å². The molecule has 32 heavy (non-hydrogen) atoms. The van der Waals surface area contributed by atoms with E-state index in [4.69, 9.17) is 23.8 Å². The lowest BCUT2D eigenvalue weighted by Crippen LogP contribution is -2.38. The van der Waals surface area contributed by atoms with Crippen LogP contribution in [0.1, 0.15) is 36.2 Å². The predicted octanol–water partition coefficient (Wildman–Crippen LogP) is 4.32. The third-order valence-electron chi connectivity index (χ3n) is 6.29. The highest BCUT2D eigenvalue weighted by Gasteiger charge is 2.29. The van der Waals surface area contributed by atoms with Gasteiger partial charge in [-0.05, 0) is 61.6 Å². The lowest BCUT2D eigenvalue weighted by molar-refractivity contribution is 0.0778. The third kappa shape index (κ3) is 4.37. The molecule has 2 aromatic carbocycles. The number of amides is 1. The molecule has 0 radical (unpaired) electrons. The second-order valence-corrected chi connectivity index (χ2v) is 8.88. The van der Waals surface area contributed by atoms with Crippen molar-refractivity contribution in [1.29, 1.82) is 0 Å². The topological polar surface area (TPSA) is 61.3 Å². The average molecular weight is 471 g/mol. The van der Waals surface area contributed by atoms with E-state index >= 15 is 0 Å². The Morgan fingerprint density at radius 2 is 1.97 bits per heavy atom. The summed E-state index contributed by atoms with van der Waals surface area (Å²) in [6.07, 6.45) is 0.982. The smallest absolute Gasteiger partial charge is 0.262 e. The molecule has 0 saturated carbocycles. The van der Waals surface area contributed by atoms with Gasteiger partial charge in [-0.15, -0.1) is 0 Å². The fourth-order valence-electron chi connectivity index (χ4n) is 4.47. The van der Waals surface area contributed by atoms with Crippen LogP contribution < -0.4 is 5.56 Å². The molecule has 8 heteroatoms. The van der Waals surface area contributed by atoms with Crippen LogP contribution in [0.5, 0.6) is 0 Å². The van der Waals surface area contributed by atoms with Crippen LogP contribution in [0, 0.1) is 4.77 Å². The van der Waals surface area contributed by atoms with Gasteiger partial charge in [0.2, 0.25) is 0 Å². The zero-order valence-electron chi connectivity index (χ0n) is 18.3. The van der Waals surface area contributed by atoms with Crippen molar-refractivity contribution in [3.05, 3.63) is 73.7 Å². The first-order chi connectivity index (χ1) is 15.4. The van der Waals surface area contributed by atoms with E-state index in [9.17, 15) is 9.59 Å². The van der Waals surface area contributed by atoms with E-state index in [1.165, 1.54) is 4.57 Å². The van der Waals surface area contributed by atoms with Crippen LogP contribution in [0.4, 0.5) is 0 Å². The van der Waals surface area contributed by atoms with Crippen LogP contribution in [0.25, 0.3) is 10.9 Å². The van der Waals surface area contributed by atoms with Crippen molar-refractivity contribution in [2.45, 2.75) is 32.9 Å². The van der Waals surface area contributed by atoms with E-state index in [1.54, 1.807) is 24.3 Å². The molecule has 0 spiro atoms. The van der Waals surface area contributed by atoms with E-state index in [1.807, 2.05) is 23.1 Å². The minimum atomic E-state index is -0.203. The van der Waals surface area contributed by atoms with Crippen LogP contribution >= 0.6 is 23.8 Å². The number of benzene rings is 2. The first kappa shape index (κ1) is 22.7. The Kier molecular flexibility index (Phi) is 6.79. The summed E-state index contributed by atoms with van der Waals surface area (Å²) >= 11 is 11.7. The largest absolute Gasteiger partial charge is 0.337 e. The van der Waals surface area contributed by atoms with Crippen molar-refractivity contribution in [2.24, 2.45) is 0 Å². The number of fused-ring (bicyclic) bond motifs is 1. The second kappa shape index (κ2) is 9.57. The molecule has 4 rings (SSSR count). The van der Waals surface area contributed by atoms with E-state index < -0.39 is 0 Å². The predicted molar refractivity (Wildman–Crippen MR) is 131 cm³/mol. The molecule has 1 aliphatic heterocycles. The van der Waals surface area contributed by atoms with Gasteiger partial charge in [-0.1, -0.05) is 43.6 Å². The summed E-state index contributed by atoms with van der Waals surface area (Å²) in [7, 11) is 0. The highest BCUT2D eigenvalue weighted by Crippen LogP contribution is 2.20. The summed E-state index contributed by atoms with van der Waals surface area (Å²) in [4.78, 5) is 33.7. The van der Waals surface area contributed by atoms with E-state index in [-0.39, 0.29) is 18.0 Å². The number of nitrogens with one attached hydrogen (secondary N) is 1. The Bertz CT molecular complexity index is 1260. The van der Waals surface area contributed by atoms with Gasteiger partial charge in [0.1, 0.15) is 0 Å². The lowest BCUT2D eigenvalue weighted by atomic mass is 10.1. The van der Waals surface area contributed by atoms with E-state index in [0.29, 0.717) is 32.3 Å². The van der Waals surface area contributed by atoms with Crippen molar-refractivity contribution in [1.82, 2.24) is 19.4 Å². The molecule has 1 unspecified atom stereocenters. The van der Waals surface area contributed by atoms with Gasteiger partial charge in [-0.25, -0.2) is 0 Å². The van der Waals surface area contributed by atoms with Gasteiger partial charge in [-0.3, -0.25) is 19.1 Å². The summed E-state index contributed by atoms with van der Waals surface area (Å²) in [6.45, 7) is 8.02. The molecule has 2 heterocycles. The molecular weight excluding hydrogens is 444 g/mol. The van der Waals surface area contributed by atoms with Crippen molar-refractivity contribution in [2.75, 3.05) is 26.2 Å². The number of hydrogen-bond acceptors (Lipinski definition) is 4. The summed E-state index contributed by atoms with van der Waals surface area (Å²) in [6, 6.07) is 13.0. The molecule has 1 saturated heterocycles. The number of likely N-dealkylation sites (N-methyl/N-ethyl adjacent to an activating group) is 1. The number of carbonyl (C=O) groups is 1. The number of H-pyrrole nitrogens is 1. The van der Waals surface area contributed by atoms with Gasteiger partial charge in [0.15, 0.2) is 4.77 Å². The normalized spacial score (nSPS) is 16.2. The monoisotopic (exact) mass is 470 g/mol. The molecule has 0 aliphatic carbocycles. The van der Waals surface area contributed by atoms with Gasteiger partial charge in [0.25, 0.3) is 11.5 Å². The maximum absolute atomic E-state index is 13.1. The zero-order valence-corrected chi connectivity index (χ0v) is 19.9. The molecule has 1 aromatic heterocycles. The van der Waals surface area contributed by atoms with Crippen LogP contribution in [-0.4, -0.2) is 57.5 Å². The van der Waals surface area contributed by atoms with Crippen molar-refractivity contribution < 1.29 is 4.79 Å². The Morgan fingerprint density at radius 1 is 1.22 bits per heavy atom. The number of aromatic nitrogens is 2. The van der Waals surface area contributed by atoms with Crippen LogP contribution in [0.15, 0.2) is 47.3 Å². The SMILES string of the molecule is CCN(CC)C1CCN(C(=O)c2ccc3c(=O)n(Cc4ccccc4Cl)c(=S)[nH]c3c2)C1. The zero-order chi connectivity index (χ0) is 22.8. The minimum absolute atomic E-state index is 0.0129. The number of halogens is 1. The van der Waals surface area contributed by atoms with Crippen LogP contribution in [-0.2, 0) is 6.54 Å².